The van der Waals surface area contributed by atoms with Crippen molar-refractivity contribution < 1.29 is 36.6 Å². The number of sulfone groups is 1. The Morgan fingerprint density at radius 1 is 1.00 bits per heavy atom. The second-order valence-corrected chi connectivity index (χ2v) is 13.7. The second-order valence-electron chi connectivity index (χ2n) is 10.6. The summed E-state index contributed by atoms with van der Waals surface area (Å²) in [5.41, 5.74) is -0.674. The summed E-state index contributed by atoms with van der Waals surface area (Å²) in [6.45, 7) is 0.0286. The number of nitrogens with zero attached hydrogens (tertiary/aromatic N) is 1. The summed E-state index contributed by atoms with van der Waals surface area (Å²) in [5.74, 6) is -2.06. The molecule has 8 nitrogen and oxygen atoms in total. The standard InChI is InChI=1S/C34H31BrF2N2O6S/c35-26-12-7-23(8-13-26)31-34(17-20-46(42,43)29-5-2-1-3-6-29,33(41)38-22-25-9-14-27(36)21-30(25)37)39-32(45-31)24-10-15-28(16-11-24)44-19-4-18-40/h1-3,5-16,21,31,40H,4,17-20,22H2,(H,38,41)/t31-,34-/m1/s1. The molecule has 4 aromatic rings. The molecule has 0 spiro atoms. The lowest BCUT2D eigenvalue weighted by atomic mass is 9.85. The highest BCUT2D eigenvalue weighted by Gasteiger charge is 2.53. The molecule has 1 aliphatic heterocycles. The molecule has 2 atom stereocenters. The molecule has 46 heavy (non-hydrogen) atoms. The van der Waals surface area contributed by atoms with Gasteiger partial charge in [-0.25, -0.2) is 22.2 Å². The van der Waals surface area contributed by atoms with E-state index in [2.05, 4.69) is 21.2 Å². The summed E-state index contributed by atoms with van der Waals surface area (Å²) in [6, 6.07) is 24.8. The Kier molecular flexibility index (Phi) is 10.5. The molecule has 0 bridgehead atoms. The molecule has 240 valence electrons. The van der Waals surface area contributed by atoms with Crippen LogP contribution >= 0.6 is 15.9 Å². The van der Waals surface area contributed by atoms with Gasteiger partial charge in [-0.15, -0.1) is 0 Å². The third-order valence-corrected chi connectivity index (χ3v) is 9.77. The Hall–Kier alpha value is -4.13. The molecule has 0 fully saturated rings. The number of aliphatic imine (C=N–C) groups is 1. The van der Waals surface area contributed by atoms with Crippen LogP contribution in [0.3, 0.4) is 0 Å². The number of aliphatic hydroxyl groups excluding tert-OH is 1. The number of amides is 1. The fourth-order valence-electron chi connectivity index (χ4n) is 5.04. The van der Waals surface area contributed by atoms with E-state index in [-0.39, 0.29) is 35.9 Å². The minimum absolute atomic E-state index is 0.00187. The Bertz CT molecular complexity index is 1810. The molecule has 0 radical (unpaired) electrons. The van der Waals surface area contributed by atoms with Gasteiger partial charge in [0.05, 0.1) is 17.3 Å². The molecule has 0 aromatic heterocycles. The molecular formula is C34H31BrF2N2O6S. The van der Waals surface area contributed by atoms with Crippen molar-refractivity contribution in [2.75, 3.05) is 19.0 Å². The first-order valence-corrected chi connectivity index (χ1v) is 16.9. The summed E-state index contributed by atoms with van der Waals surface area (Å²) in [7, 11) is -3.86. The quantitative estimate of drug-likeness (QED) is 0.166. The average molecular weight is 714 g/mol. The van der Waals surface area contributed by atoms with Crippen LogP contribution < -0.4 is 10.1 Å². The van der Waals surface area contributed by atoms with Gasteiger partial charge in [-0.2, -0.15) is 0 Å². The molecule has 12 heteroatoms. The third-order valence-electron chi connectivity index (χ3n) is 7.51. The van der Waals surface area contributed by atoms with E-state index in [1.54, 1.807) is 66.7 Å². The SMILES string of the molecule is O=C(NCc1ccc(F)cc1F)[C@]1(CCS(=O)(=O)c2ccccc2)N=C(c2ccc(OCCCO)cc2)O[C@@H]1c1ccc(Br)cc1. The number of carbonyl (C=O) groups is 1. The van der Waals surface area contributed by atoms with Crippen LogP contribution in [0.1, 0.15) is 35.6 Å². The number of aliphatic hydroxyl groups is 1. The van der Waals surface area contributed by atoms with E-state index in [1.807, 2.05) is 0 Å². The number of hydrogen-bond acceptors (Lipinski definition) is 7. The topological polar surface area (TPSA) is 114 Å². The lowest BCUT2D eigenvalue weighted by Crippen LogP contribution is -2.49. The van der Waals surface area contributed by atoms with Gasteiger partial charge in [0.2, 0.25) is 5.90 Å². The van der Waals surface area contributed by atoms with E-state index in [1.165, 1.54) is 18.2 Å². The monoisotopic (exact) mass is 712 g/mol. The fraction of sp³-hybridized carbons (Fsp3) is 0.235. The normalized spacial score (nSPS) is 17.7. The van der Waals surface area contributed by atoms with Gasteiger partial charge in [0.15, 0.2) is 21.5 Å². The first-order chi connectivity index (χ1) is 22.1. The average Bonchev–Trinajstić information content (AvgIpc) is 3.45. The van der Waals surface area contributed by atoms with Crippen molar-refractivity contribution in [3.63, 3.8) is 0 Å². The molecular weight excluding hydrogens is 682 g/mol. The number of nitrogens with one attached hydrogen (secondary N) is 1. The maximum atomic E-state index is 14.5. The summed E-state index contributed by atoms with van der Waals surface area (Å²) in [4.78, 5) is 19.2. The molecule has 5 rings (SSSR count). The predicted octanol–water partition coefficient (Wildman–Crippen LogP) is 5.93. The zero-order valence-electron chi connectivity index (χ0n) is 24.5. The van der Waals surface area contributed by atoms with Crippen LogP contribution in [-0.2, 0) is 25.9 Å². The first-order valence-electron chi connectivity index (χ1n) is 14.5. The van der Waals surface area contributed by atoms with Crippen molar-refractivity contribution in [1.82, 2.24) is 5.32 Å². The molecule has 1 heterocycles. The van der Waals surface area contributed by atoms with Crippen molar-refractivity contribution in [1.29, 1.82) is 0 Å². The number of benzene rings is 4. The van der Waals surface area contributed by atoms with E-state index < -0.39 is 44.8 Å². The highest BCUT2D eigenvalue weighted by molar-refractivity contribution is 9.10. The molecule has 2 N–H and O–H groups in total. The summed E-state index contributed by atoms with van der Waals surface area (Å²) < 4.78 is 67.7. The minimum atomic E-state index is -3.86. The number of carbonyl (C=O) groups excluding carboxylic acids is 1. The molecule has 0 unspecified atom stereocenters. The van der Waals surface area contributed by atoms with Gasteiger partial charge in [-0.1, -0.05) is 52.3 Å². The van der Waals surface area contributed by atoms with E-state index in [0.717, 1.165) is 16.6 Å². The van der Waals surface area contributed by atoms with Crippen LogP contribution in [0, 0.1) is 11.6 Å². The molecule has 0 aliphatic carbocycles. The molecule has 1 aliphatic rings. The van der Waals surface area contributed by atoms with E-state index in [9.17, 15) is 22.0 Å². The summed E-state index contributed by atoms with van der Waals surface area (Å²) in [6.07, 6.45) is -0.855. The predicted molar refractivity (Wildman–Crippen MR) is 172 cm³/mol. The highest BCUT2D eigenvalue weighted by Crippen LogP contribution is 2.43. The Morgan fingerprint density at radius 3 is 2.39 bits per heavy atom. The molecule has 0 saturated heterocycles. The van der Waals surface area contributed by atoms with Gasteiger partial charge in [0, 0.05) is 47.7 Å². The molecule has 0 saturated carbocycles. The second kappa shape index (κ2) is 14.5. The number of ether oxygens (including phenoxy) is 2. The minimum Gasteiger partial charge on any atom is -0.494 e. The summed E-state index contributed by atoms with van der Waals surface area (Å²) in [5, 5.41) is 11.7. The van der Waals surface area contributed by atoms with Gasteiger partial charge in [-0.3, -0.25) is 4.79 Å². The Morgan fingerprint density at radius 2 is 1.72 bits per heavy atom. The van der Waals surface area contributed by atoms with Gasteiger partial charge >= 0.3 is 0 Å². The van der Waals surface area contributed by atoms with Gasteiger partial charge in [-0.05, 0) is 60.2 Å². The van der Waals surface area contributed by atoms with Crippen molar-refractivity contribution >= 4 is 37.6 Å². The maximum absolute atomic E-state index is 14.5. The van der Waals surface area contributed by atoms with Crippen LogP contribution in [0.4, 0.5) is 8.78 Å². The van der Waals surface area contributed by atoms with Crippen LogP contribution in [-0.4, -0.2) is 49.8 Å². The third kappa shape index (κ3) is 7.63. The van der Waals surface area contributed by atoms with Crippen molar-refractivity contribution in [3.05, 3.63) is 130 Å². The zero-order valence-corrected chi connectivity index (χ0v) is 26.9. The largest absolute Gasteiger partial charge is 0.494 e. The zero-order chi connectivity index (χ0) is 32.7. The number of rotatable bonds is 13. The van der Waals surface area contributed by atoms with Crippen molar-refractivity contribution in [3.8, 4) is 5.75 Å². The van der Waals surface area contributed by atoms with Gasteiger partial charge in [0.1, 0.15) is 17.4 Å². The number of halogens is 3. The lowest BCUT2D eigenvalue weighted by Gasteiger charge is -2.30. The van der Waals surface area contributed by atoms with Crippen molar-refractivity contribution in [2.45, 2.75) is 35.9 Å². The number of hydrogen-bond donors (Lipinski definition) is 2. The lowest BCUT2D eigenvalue weighted by molar-refractivity contribution is -0.129. The van der Waals surface area contributed by atoms with Crippen LogP contribution in [0.5, 0.6) is 5.75 Å². The van der Waals surface area contributed by atoms with E-state index >= 15 is 0 Å². The Labute approximate surface area is 274 Å². The molecule has 1 amide bonds. The smallest absolute Gasteiger partial charge is 0.252 e. The highest BCUT2D eigenvalue weighted by atomic mass is 79.9. The van der Waals surface area contributed by atoms with Crippen LogP contribution in [0.2, 0.25) is 0 Å². The van der Waals surface area contributed by atoms with Gasteiger partial charge in [0.25, 0.3) is 5.91 Å². The van der Waals surface area contributed by atoms with E-state index in [4.69, 9.17) is 19.6 Å². The van der Waals surface area contributed by atoms with E-state index in [0.29, 0.717) is 29.9 Å². The first kappa shape index (κ1) is 33.2. The van der Waals surface area contributed by atoms with Crippen LogP contribution in [0.25, 0.3) is 0 Å². The molecule has 4 aromatic carbocycles. The summed E-state index contributed by atoms with van der Waals surface area (Å²) >= 11 is 3.42. The van der Waals surface area contributed by atoms with Crippen molar-refractivity contribution in [2.24, 2.45) is 4.99 Å². The van der Waals surface area contributed by atoms with Gasteiger partial charge < -0.3 is 19.9 Å². The maximum Gasteiger partial charge on any atom is 0.252 e. The fourth-order valence-corrected chi connectivity index (χ4v) is 6.69. The van der Waals surface area contributed by atoms with Crippen LogP contribution in [0.15, 0.2) is 111 Å². The Balaban J connectivity index is 1.55.